The molecule has 0 atom stereocenters. The van der Waals surface area contributed by atoms with Gasteiger partial charge in [0.1, 0.15) is 0 Å². The van der Waals surface area contributed by atoms with Gasteiger partial charge in [-0.2, -0.15) is 0 Å². The van der Waals surface area contributed by atoms with E-state index in [2.05, 4.69) is 0 Å². The molecule has 0 aliphatic rings. The minimum Gasteiger partial charge on any atom is -0.854 e. The van der Waals surface area contributed by atoms with Crippen LogP contribution in [0.5, 0.6) is 0 Å². The van der Waals surface area contributed by atoms with Gasteiger partial charge in [0.2, 0.25) is 0 Å². The van der Waals surface area contributed by atoms with Crippen LogP contribution in [-0.4, -0.2) is 50.3 Å². The predicted octanol–water partition coefficient (Wildman–Crippen LogP) is 0.206. The van der Waals surface area contributed by atoms with Crippen LogP contribution >= 0.6 is 0 Å². The van der Waals surface area contributed by atoms with Crippen LogP contribution in [0.25, 0.3) is 0 Å². The monoisotopic (exact) mass is 412 g/mol. The van der Waals surface area contributed by atoms with E-state index in [1.165, 1.54) is 0 Å². The molecule has 4 nitrogen and oxygen atoms in total. The predicted molar refractivity (Wildman–Crippen MR) is 84.9 cm³/mol. The molecule has 0 bridgehead atoms. The van der Waals surface area contributed by atoms with Gasteiger partial charge in [-0.05, 0) is 0 Å². The summed E-state index contributed by atoms with van der Waals surface area (Å²) < 4.78 is 0. The van der Waals surface area contributed by atoms with Crippen LogP contribution in [0.1, 0.15) is 79.1 Å². The molecular formula is C16H36O4Sn. The molecule has 0 aromatic rings. The molecule has 0 N–H and O–H groups in total. The molecule has 5 heteroatoms. The van der Waals surface area contributed by atoms with Gasteiger partial charge in [-0.3, -0.25) is 0 Å². The van der Waals surface area contributed by atoms with Gasteiger partial charge in [-0.25, -0.2) is 0 Å². The Balaban J connectivity index is -0.0000000533. The van der Waals surface area contributed by atoms with E-state index in [1.807, 2.05) is 27.7 Å². The van der Waals surface area contributed by atoms with Crippen LogP contribution in [-0.2, 0) is 0 Å². The normalized spacial score (nSPS) is 8.00. The third kappa shape index (κ3) is 96.1. The van der Waals surface area contributed by atoms with Gasteiger partial charge >= 0.3 is 23.9 Å². The van der Waals surface area contributed by atoms with Crippen molar-refractivity contribution >= 4 is 23.9 Å². The summed E-state index contributed by atoms with van der Waals surface area (Å²) in [6.45, 7) is 8.42. The standard InChI is InChI=1S/4C4H9O.Sn/c4*1-2-3-4-5;/h4*2-4H2,1H3;/q4*-1;+4. The average molecular weight is 411 g/mol. The Morgan fingerprint density at radius 2 is 0.571 bits per heavy atom. The Hall–Kier alpha value is 0.639. The number of unbranched alkanes of at least 4 members (excludes halogenated alkanes) is 4. The number of rotatable bonds is 8. The van der Waals surface area contributed by atoms with E-state index in [0.717, 1.165) is 51.4 Å². The molecule has 0 radical (unpaired) electrons. The number of hydrogen-bond acceptors (Lipinski definition) is 4. The van der Waals surface area contributed by atoms with Crippen LogP contribution in [0, 0.1) is 0 Å². The Bertz CT molecular complexity index is 74.3. The van der Waals surface area contributed by atoms with Crippen molar-refractivity contribution in [3.63, 3.8) is 0 Å². The topological polar surface area (TPSA) is 92.2 Å². The molecule has 0 rings (SSSR count). The van der Waals surface area contributed by atoms with Crippen molar-refractivity contribution in [3.05, 3.63) is 0 Å². The van der Waals surface area contributed by atoms with Crippen LogP contribution in [0.15, 0.2) is 0 Å². The molecule has 0 aliphatic carbocycles. The molecule has 21 heavy (non-hydrogen) atoms. The molecular weight excluding hydrogens is 375 g/mol. The summed E-state index contributed by atoms with van der Waals surface area (Å²) in [4.78, 5) is 0. The summed E-state index contributed by atoms with van der Waals surface area (Å²) in [5, 5.41) is 38.1. The van der Waals surface area contributed by atoms with E-state index in [0.29, 0.717) is 0 Å². The largest absolute Gasteiger partial charge is 4.00 e. The van der Waals surface area contributed by atoms with E-state index in [4.69, 9.17) is 0 Å². The second kappa shape index (κ2) is 49.8. The quantitative estimate of drug-likeness (QED) is 0.534. The minimum atomic E-state index is 0. The summed E-state index contributed by atoms with van der Waals surface area (Å²) in [6, 6.07) is 0. The summed E-state index contributed by atoms with van der Waals surface area (Å²) in [5.41, 5.74) is 0. The molecule has 0 fully saturated rings. The van der Waals surface area contributed by atoms with E-state index >= 15 is 0 Å². The van der Waals surface area contributed by atoms with E-state index in [1.54, 1.807) is 0 Å². The van der Waals surface area contributed by atoms with Crippen LogP contribution in [0.4, 0.5) is 0 Å². The zero-order valence-electron chi connectivity index (χ0n) is 14.6. The molecule has 0 saturated carbocycles. The molecule has 0 saturated heterocycles. The summed E-state index contributed by atoms with van der Waals surface area (Å²) in [5.74, 6) is 0. The second-order valence-corrected chi connectivity index (χ2v) is 4.23. The van der Waals surface area contributed by atoms with Gasteiger partial charge in [-0.1, -0.05) is 79.1 Å². The van der Waals surface area contributed by atoms with Crippen LogP contribution in [0.2, 0.25) is 0 Å². The van der Waals surface area contributed by atoms with E-state index in [-0.39, 0.29) is 50.3 Å². The zero-order valence-corrected chi connectivity index (χ0v) is 17.5. The van der Waals surface area contributed by atoms with Crippen molar-refractivity contribution < 1.29 is 20.4 Å². The fourth-order valence-corrected chi connectivity index (χ4v) is 0.577. The van der Waals surface area contributed by atoms with Crippen molar-refractivity contribution in [1.29, 1.82) is 0 Å². The van der Waals surface area contributed by atoms with Gasteiger partial charge in [0.15, 0.2) is 0 Å². The van der Waals surface area contributed by atoms with Crippen LogP contribution < -0.4 is 20.4 Å². The minimum absolute atomic E-state index is 0. The van der Waals surface area contributed by atoms with E-state index < -0.39 is 0 Å². The SMILES string of the molecule is CCCC[O-].CCCC[O-].CCCC[O-].CCCC[O-].[Sn+4]. The first-order chi connectivity index (χ1) is 9.66. The van der Waals surface area contributed by atoms with E-state index in [9.17, 15) is 20.4 Å². The molecule has 0 unspecified atom stereocenters. The number of hydrogen-bond donors (Lipinski definition) is 0. The van der Waals surface area contributed by atoms with Crippen molar-refractivity contribution in [1.82, 2.24) is 0 Å². The average Bonchev–Trinajstić information content (AvgIpc) is 2.44. The fraction of sp³-hybridized carbons (Fsp3) is 1.00. The Kier molecular flexibility index (Phi) is 79.0. The third-order valence-corrected chi connectivity index (χ3v) is 1.99. The summed E-state index contributed by atoms with van der Waals surface area (Å²) >= 11 is 0. The zero-order chi connectivity index (χ0) is 16.5. The Morgan fingerprint density at radius 3 is 0.571 bits per heavy atom. The molecule has 0 heterocycles. The smallest absolute Gasteiger partial charge is 0.854 e. The Labute approximate surface area is 149 Å². The molecule has 0 spiro atoms. The first kappa shape index (κ1) is 33.3. The molecule has 128 valence electrons. The molecule has 0 amide bonds. The van der Waals surface area contributed by atoms with Crippen molar-refractivity contribution in [2.45, 2.75) is 79.1 Å². The first-order valence-corrected chi connectivity index (χ1v) is 7.98. The second-order valence-electron chi connectivity index (χ2n) is 4.23. The Morgan fingerprint density at radius 1 is 0.429 bits per heavy atom. The van der Waals surface area contributed by atoms with Gasteiger partial charge in [0.25, 0.3) is 0 Å². The van der Waals surface area contributed by atoms with Gasteiger partial charge in [0.05, 0.1) is 0 Å². The maximum absolute atomic E-state index is 9.53. The van der Waals surface area contributed by atoms with Gasteiger partial charge in [-0.15, -0.1) is 26.4 Å². The van der Waals surface area contributed by atoms with Crippen LogP contribution in [0.3, 0.4) is 0 Å². The van der Waals surface area contributed by atoms with Crippen molar-refractivity contribution in [2.24, 2.45) is 0 Å². The maximum atomic E-state index is 9.53. The molecule has 0 aliphatic heterocycles. The fourth-order valence-electron chi connectivity index (χ4n) is 0.577. The summed E-state index contributed by atoms with van der Waals surface area (Å²) in [6.07, 6.45) is 7.46. The van der Waals surface area contributed by atoms with Crippen molar-refractivity contribution in [3.8, 4) is 0 Å². The molecule has 0 aromatic heterocycles. The first-order valence-electron chi connectivity index (χ1n) is 7.98. The summed E-state index contributed by atoms with van der Waals surface area (Å²) in [7, 11) is 0. The molecule has 0 aromatic carbocycles. The van der Waals surface area contributed by atoms with Gasteiger partial charge in [0, 0.05) is 0 Å². The van der Waals surface area contributed by atoms with Gasteiger partial charge < -0.3 is 20.4 Å². The van der Waals surface area contributed by atoms with Crippen molar-refractivity contribution in [2.75, 3.05) is 26.4 Å². The third-order valence-electron chi connectivity index (χ3n) is 1.99. The maximum Gasteiger partial charge on any atom is 4.00 e.